The summed E-state index contributed by atoms with van der Waals surface area (Å²) in [5.41, 5.74) is 0.0480. The van der Waals surface area contributed by atoms with Crippen molar-refractivity contribution in [2.45, 2.75) is 11.8 Å². The zero-order valence-corrected chi connectivity index (χ0v) is 13.2. The van der Waals surface area contributed by atoms with Crippen LogP contribution < -0.4 is 5.56 Å². The zero-order chi connectivity index (χ0) is 15.9. The van der Waals surface area contributed by atoms with Gasteiger partial charge in [-0.25, -0.2) is 8.42 Å². The van der Waals surface area contributed by atoms with E-state index in [2.05, 4.69) is 5.10 Å². The van der Waals surface area contributed by atoms with Gasteiger partial charge in [0.2, 0.25) is 5.78 Å². The maximum Gasteiger partial charge on any atom is 0.277 e. The lowest BCUT2D eigenvalue weighted by Crippen LogP contribution is -2.19. The average molecular weight is 329 g/mol. The van der Waals surface area contributed by atoms with E-state index < -0.39 is 21.2 Å². The molecule has 1 N–H and O–H groups in total. The highest BCUT2D eigenvalue weighted by Crippen LogP contribution is 2.23. The number of aromatic nitrogens is 2. The van der Waals surface area contributed by atoms with E-state index >= 15 is 0 Å². The third kappa shape index (κ3) is 2.79. The Morgan fingerprint density at radius 3 is 2.38 bits per heavy atom. The minimum Gasteiger partial charge on any atom is -0.299 e. The van der Waals surface area contributed by atoms with E-state index in [1.807, 2.05) is 0 Å². The summed E-state index contributed by atoms with van der Waals surface area (Å²) in [7, 11) is -1.91. The minimum atomic E-state index is -3.41. The lowest BCUT2D eigenvalue weighted by Gasteiger charge is -2.04. The van der Waals surface area contributed by atoms with E-state index in [0.717, 1.165) is 6.26 Å². The highest BCUT2D eigenvalue weighted by atomic mass is 35.5. The summed E-state index contributed by atoms with van der Waals surface area (Å²) in [6.45, 7) is 1.60. The second-order valence-electron chi connectivity index (χ2n) is 4.72. The number of carbonyl (C=O) groups excluding carboxylic acids is 1. The Morgan fingerprint density at radius 2 is 1.95 bits per heavy atom. The summed E-state index contributed by atoms with van der Waals surface area (Å²) in [4.78, 5) is 24.3. The molecule has 0 aliphatic rings. The van der Waals surface area contributed by atoms with Gasteiger partial charge in [-0.3, -0.25) is 19.4 Å². The van der Waals surface area contributed by atoms with Crippen LogP contribution in [0.2, 0.25) is 5.02 Å². The molecule has 1 aromatic heterocycles. The van der Waals surface area contributed by atoms with Crippen LogP contribution >= 0.6 is 11.6 Å². The summed E-state index contributed by atoms with van der Waals surface area (Å²) in [5.74, 6) is -0.542. The molecule has 0 saturated heterocycles. The standard InChI is InChI=1S/C13H13ClN2O4S/c1-7-11(13(18)16(2)15-7)12(17)9-5-4-8(6-10(9)14)21(3,19)20/h4-6,15H,1-3H3. The number of H-pyrrole nitrogens is 1. The predicted molar refractivity (Wildman–Crippen MR) is 78.8 cm³/mol. The average Bonchev–Trinajstić information content (AvgIpc) is 2.61. The molecule has 0 bridgehead atoms. The van der Waals surface area contributed by atoms with Crippen LogP contribution in [0.5, 0.6) is 0 Å². The van der Waals surface area contributed by atoms with Crippen LogP contribution in [0.15, 0.2) is 27.9 Å². The van der Waals surface area contributed by atoms with Crippen molar-refractivity contribution in [3.63, 3.8) is 0 Å². The number of nitrogens with zero attached hydrogens (tertiary/aromatic N) is 1. The van der Waals surface area contributed by atoms with E-state index in [-0.39, 0.29) is 21.0 Å². The van der Waals surface area contributed by atoms with Crippen LogP contribution in [-0.4, -0.2) is 30.2 Å². The molecule has 0 unspecified atom stereocenters. The van der Waals surface area contributed by atoms with Crippen molar-refractivity contribution in [1.82, 2.24) is 9.78 Å². The van der Waals surface area contributed by atoms with E-state index in [1.165, 1.54) is 29.9 Å². The normalized spacial score (nSPS) is 11.6. The Kier molecular flexibility index (Phi) is 3.81. The molecule has 1 heterocycles. The summed E-state index contributed by atoms with van der Waals surface area (Å²) in [6.07, 6.45) is 1.05. The highest BCUT2D eigenvalue weighted by Gasteiger charge is 2.22. The molecule has 2 aromatic rings. The number of nitrogens with one attached hydrogen (secondary N) is 1. The lowest BCUT2D eigenvalue weighted by molar-refractivity contribution is 0.103. The first kappa shape index (κ1) is 15.5. The predicted octanol–water partition coefficient (Wildman–Crippen LogP) is 1.31. The molecule has 0 atom stereocenters. The fraction of sp³-hybridized carbons (Fsp3) is 0.231. The van der Waals surface area contributed by atoms with Crippen LogP contribution in [0.25, 0.3) is 0 Å². The number of halogens is 1. The molecule has 21 heavy (non-hydrogen) atoms. The van der Waals surface area contributed by atoms with Crippen LogP contribution in [0.4, 0.5) is 0 Å². The molecule has 0 radical (unpaired) electrons. The molecule has 8 heteroatoms. The van der Waals surface area contributed by atoms with Crippen molar-refractivity contribution in [2.75, 3.05) is 6.26 Å². The summed E-state index contributed by atoms with van der Waals surface area (Å²) >= 11 is 5.99. The number of hydrogen-bond acceptors (Lipinski definition) is 4. The fourth-order valence-corrected chi connectivity index (χ4v) is 2.98. The first-order valence-corrected chi connectivity index (χ1v) is 8.19. The highest BCUT2D eigenvalue weighted by molar-refractivity contribution is 7.90. The van der Waals surface area contributed by atoms with Gasteiger partial charge in [0, 0.05) is 24.6 Å². The van der Waals surface area contributed by atoms with Gasteiger partial charge in [-0.2, -0.15) is 0 Å². The topological polar surface area (TPSA) is 89.0 Å². The lowest BCUT2D eigenvalue weighted by atomic mass is 10.0. The number of rotatable bonds is 3. The van der Waals surface area contributed by atoms with Crippen molar-refractivity contribution >= 4 is 27.2 Å². The Morgan fingerprint density at radius 1 is 1.33 bits per heavy atom. The third-order valence-corrected chi connectivity index (χ3v) is 4.49. The SMILES string of the molecule is Cc1[nH]n(C)c(=O)c1C(=O)c1ccc(S(C)(=O)=O)cc1Cl. The van der Waals surface area contributed by atoms with Gasteiger partial charge < -0.3 is 0 Å². The number of aromatic amines is 1. The maximum absolute atomic E-state index is 12.4. The maximum atomic E-state index is 12.4. The fourth-order valence-electron chi connectivity index (χ4n) is 2.00. The van der Waals surface area contributed by atoms with E-state index in [9.17, 15) is 18.0 Å². The van der Waals surface area contributed by atoms with Gasteiger partial charge in [-0.05, 0) is 25.1 Å². The van der Waals surface area contributed by atoms with E-state index in [4.69, 9.17) is 11.6 Å². The van der Waals surface area contributed by atoms with Crippen LogP contribution in [-0.2, 0) is 16.9 Å². The monoisotopic (exact) mass is 328 g/mol. The van der Waals surface area contributed by atoms with Crippen molar-refractivity contribution in [3.05, 3.63) is 50.4 Å². The Labute approximate surface area is 126 Å². The van der Waals surface area contributed by atoms with Crippen LogP contribution in [0, 0.1) is 6.92 Å². The Balaban J connectivity index is 2.58. The second-order valence-corrected chi connectivity index (χ2v) is 7.14. The van der Waals surface area contributed by atoms with Gasteiger partial charge in [0.25, 0.3) is 5.56 Å². The van der Waals surface area contributed by atoms with E-state index in [1.54, 1.807) is 6.92 Å². The number of aryl methyl sites for hydroxylation is 2. The molecule has 2 rings (SSSR count). The molecule has 0 spiro atoms. The summed E-state index contributed by atoms with van der Waals surface area (Å²) in [6, 6.07) is 3.81. The third-order valence-electron chi connectivity index (χ3n) is 3.07. The van der Waals surface area contributed by atoms with Crippen molar-refractivity contribution in [2.24, 2.45) is 7.05 Å². The van der Waals surface area contributed by atoms with E-state index in [0.29, 0.717) is 5.69 Å². The molecule has 0 saturated carbocycles. The van der Waals surface area contributed by atoms with Gasteiger partial charge >= 0.3 is 0 Å². The van der Waals surface area contributed by atoms with Gasteiger partial charge in [0.05, 0.1) is 9.92 Å². The quantitative estimate of drug-likeness (QED) is 0.860. The molecule has 1 aromatic carbocycles. The first-order chi connectivity index (χ1) is 9.62. The molecule has 6 nitrogen and oxygen atoms in total. The second kappa shape index (κ2) is 5.16. The largest absolute Gasteiger partial charge is 0.299 e. The molecule has 0 aliphatic carbocycles. The summed E-state index contributed by atoms with van der Waals surface area (Å²) in [5, 5.41) is 2.72. The smallest absolute Gasteiger partial charge is 0.277 e. The first-order valence-electron chi connectivity index (χ1n) is 5.93. The van der Waals surface area contributed by atoms with Gasteiger partial charge in [-0.15, -0.1) is 0 Å². The molecular weight excluding hydrogens is 316 g/mol. The van der Waals surface area contributed by atoms with Crippen molar-refractivity contribution in [1.29, 1.82) is 0 Å². The van der Waals surface area contributed by atoms with Gasteiger partial charge in [0.15, 0.2) is 9.84 Å². The number of sulfone groups is 1. The number of ketones is 1. The van der Waals surface area contributed by atoms with Crippen LogP contribution in [0.3, 0.4) is 0 Å². The van der Waals surface area contributed by atoms with Crippen LogP contribution in [0.1, 0.15) is 21.6 Å². The number of carbonyl (C=O) groups is 1. The Hall–Kier alpha value is -1.86. The minimum absolute atomic E-state index is 0.00787. The summed E-state index contributed by atoms with van der Waals surface area (Å²) < 4.78 is 24.1. The zero-order valence-electron chi connectivity index (χ0n) is 11.6. The molecule has 112 valence electrons. The van der Waals surface area contributed by atoms with Crippen molar-refractivity contribution in [3.8, 4) is 0 Å². The Bertz CT molecular complexity index is 893. The number of hydrogen-bond donors (Lipinski definition) is 1. The molecule has 0 amide bonds. The molecular formula is C13H13ClN2O4S. The molecule has 0 fully saturated rings. The molecule has 0 aliphatic heterocycles. The van der Waals surface area contributed by atoms with Crippen molar-refractivity contribution < 1.29 is 13.2 Å². The number of benzene rings is 1. The van der Waals surface area contributed by atoms with Gasteiger partial charge in [-0.1, -0.05) is 11.6 Å². The van der Waals surface area contributed by atoms with Gasteiger partial charge in [0.1, 0.15) is 5.56 Å².